The highest BCUT2D eigenvalue weighted by Crippen LogP contribution is 2.37. The van der Waals surface area contributed by atoms with Gasteiger partial charge in [-0.25, -0.2) is 10.4 Å². The van der Waals surface area contributed by atoms with Gasteiger partial charge < -0.3 is 14.2 Å². The van der Waals surface area contributed by atoms with Gasteiger partial charge in [0.1, 0.15) is 0 Å². The van der Waals surface area contributed by atoms with E-state index in [-0.39, 0.29) is 17.2 Å². The van der Waals surface area contributed by atoms with E-state index < -0.39 is 0 Å². The van der Waals surface area contributed by atoms with Crippen LogP contribution in [0, 0.1) is 0 Å². The second-order valence-corrected chi connectivity index (χ2v) is 8.37. The second-order valence-electron chi connectivity index (χ2n) is 7.43. The third-order valence-corrected chi connectivity index (χ3v) is 6.12. The highest BCUT2D eigenvalue weighted by molar-refractivity contribution is 7.99. The Balaban J connectivity index is 1.52. The molecule has 36 heavy (non-hydrogen) atoms. The molecule has 184 valence electrons. The maximum absolute atomic E-state index is 13.2. The molecule has 0 aliphatic heterocycles. The van der Waals surface area contributed by atoms with Crippen molar-refractivity contribution < 1.29 is 19.0 Å². The summed E-state index contributed by atoms with van der Waals surface area (Å²) in [6, 6.07) is 19.8. The quantitative estimate of drug-likeness (QED) is 0.161. The maximum atomic E-state index is 13.2. The Morgan fingerprint density at radius 2 is 1.67 bits per heavy atom. The molecule has 0 atom stereocenters. The normalized spacial score (nSPS) is 11.0. The van der Waals surface area contributed by atoms with Crippen LogP contribution in [0.25, 0.3) is 16.6 Å². The van der Waals surface area contributed by atoms with Gasteiger partial charge in [0.25, 0.3) is 11.5 Å². The molecule has 0 aliphatic rings. The van der Waals surface area contributed by atoms with E-state index in [9.17, 15) is 9.59 Å². The molecule has 1 amide bonds. The summed E-state index contributed by atoms with van der Waals surface area (Å²) >= 11 is 1.15. The zero-order valence-electron chi connectivity index (χ0n) is 19.9. The predicted molar refractivity (Wildman–Crippen MR) is 140 cm³/mol. The van der Waals surface area contributed by atoms with Gasteiger partial charge >= 0.3 is 0 Å². The Morgan fingerprint density at radius 3 is 2.33 bits per heavy atom. The molecule has 0 saturated carbocycles. The molecule has 0 saturated heterocycles. The molecule has 1 aromatic heterocycles. The molecular weight excluding hydrogens is 480 g/mol. The molecule has 0 spiro atoms. The van der Waals surface area contributed by atoms with E-state index in [1.54, 1.807) is 30.3 Å². The lowest BCUT2D eigenvalue weighted by Gasteiger charge is -2.13. The van der Waals surface area contributed by atoms with E-state index in [2.05, 4.69) is 15.5 Å². The standard InChI is InChI=1S/C26H24N4O5S/c1-33-21-13-17(14-22(34-2)24(21)35-3)15-27-29-23(31)16-36-26-28-20-12-8-7-11-19(20)25(32)30(26)18-9-5-4-6-10-18/h4-15H,16H2,1-3H3,(H,29,31)/b27-15+. The number of hydrogen-bond donors (Lipinski definition) is 1. The van der Waals surface area contributed by atoms with Crippen molar-refractivity contribution in [1.29, 1.82) is 0 Å². The van der Waals surface area contributed by atoms with Crippen LogP contribution in [0.2, 0.25) is 0 Å². The van der Waals surface area contributed by atoms with Crippen LogP contribution in [0.4, 0.5) is 0 Å². The van der Waals surface area contributed by atoms with E-state index in [0.717, 1.165) is 11.8 Å². The van der Waals surface area contributed by atoms with Crippen LogP contribution in [0.1, 0.15) is 5.56 Å². The Kier molecular flexibility index (Phi) is 7.86. The number of rotatable bonds is 9. The minimum absolute atomic E-state index is 0.00418. The van der Waals surface area contributed by atoms with E-state index in [1.807, 2.05) is 36.4 Å². The Hall–Kier alpha value is -4.31. The first kappa shape index (κ1) is 24.8. The number of fused-ring (bicyclic) bond motifs is 1. The van der Waals surface area contributed by atoms with Crippen molar-refractivity contribution in [3.05, 3.63) is 82.6 Å². The first-order chi connectivity index (χ1) is 17.5. The number of ether oxygens (including phenoxy) is 3. The predicted octanol–water partition coefficient (Wildman–Crippen LogP) is 3.65. The van der Waals surface area contributed by atoms with Crippen molar-refractivity contribution in [1.82, 2.24) is 15.0 Å². The second kappa shape index (κ2) is 11.4. The van der Waals surface area contributed by atoms with Crippen molar-refractivity contribution in [2.45, 2.75) is 5.16 Å². The minimum Gasteiger partial charge on any atom is -0.493 e. The van der Waals surface area contributed by atoms with Crippen LogP contribution in [-0.4, -0.2) is 48.8 Å². The van der Waals surface area contributed by atoms with Crippen LogP contribution < -0.4 is 25.2 Å². The third-order valence-electron chi connectivity index (χ3n) is 5.18. The van der Waals surface area contributed by atoms with Gasteiger partial charge in [-0.3, -0.25) is 14.2 Å². The molecule has 3 aromatic carbocycles. The number of benzene rings is 3. The van der Waals surface area contributed by atoms with Gasteiger partial charge in [-0.1, -0.05) is 42.1 Å². The Labute approximate surface area is 211 Å². The van der Waals surface area contributed by atoms with E-state index >= 15 is 0 Å². The number of methoxy groups -OCH3 is 3. The number of aromatic nitrogens is 2. The summed E-state index contributed by atoms with van der Waals surface area (Å²) in [5, 5.41) is 4.94. The van der Waals surface area contributed by atoms with E-state index in [0.29, 0.717) is 44.6 Å². The highest BCUT2D eigenvalue weighted by Gasteiger charge is 2.15. The summed E-state index contributed by atoms with van der Waals surface area (Å²) in [6.45, 7) is 0. The van der Waals surface area contributed by atoms with Crippen molar-refractivity contribution >= 4 is 34.8 Å². The molecule has 0 bridgehead atoms. The molecule has 1 heterocycles. The van der Waals surface area contributed by atoms with Gasteiger partial charge in [-0.05, 0) is 36.4 Å². The lowest BCUT2D eigenvalue weighted by atomic mass is 10.2. The fourth-order valence-electron chi connectivity index (χ4n) is 3.53. The van der Waals surface area contributed by atoms with Crippen LogP contribution >= 0.6 is 11.8 Å². The fourth-order valence-corrected chi connectivity index (χ4v) is 4.34. The zero-order chi connectivity index (χ0) is 25.5. The maximum Gasteiger partial charge on any atom is 0.266 e. The lowest BCUT2D eigenvalue weighted by Crippen LogP contribution is -2.24. The van der Waals surface area contributed by atoms with Gasteiger partial charge in [0.05, 0.1) is 49.9 Å². The van der Waals surface area contributed by atoms with Gasteiger partial charge in [-0.2, -0.15) is 5.10 Å². The van der Waals surface area contributed by atoms with Gasteiger partial charge in [0.15, 0.2) is 16.7 Å². The van der Waals surface area contributed by atoms with Gasteiger partial charge in [0, 0.05) is 5.56 Å². The number of hydrazone groups is 1. The molecule has 4 aromatic rings. The topological polar surface area (TPSA) is 104 Å². The van der Waals surface area contributed by atoms with Crippen molar-refractivity contribution in [2.24, 2.45) is 5.10 Å². The number of carbonyl (C=O) groups is 1. The summed E-state index contributed by atoms with van der Waals surface area (Å²) in [5.74, 6) is 1.06. The minimum atomic E-state index is -0.356. The SMILES string of the molecule is COc1cc(/C=N/NC(=O)CSc2nc3ccccc3c(=O)n2-c2ccccc2)cc(OC)c1OC. The number of nitrogens with one attached hydrogen (secondary N) is 1. The van der Waals surface area contributed by atoms with E-state index in [1.165, 1.54) is 32.1 Å². The number of nitrogens with zero attached hydrogens (tertiary/aromatic N) is 3. The average molecular weight is 505 g/mol. The summed E-state index contributed by atoms with van der Waals surface area (Å²) in [4.78, 5) is 30.4. The van der Waals surface area contributed by atoms with E-state index in [4.69, 9.17) is 14.2 Å². The number of carbonyl (C=O) groups excluding carboxylic acids is 1. The molecule has 10 heteroatoms. The smallest absolute Gasteiger partial charge is 0.266 e. The third kappa shape index (κ3) is 5.33. The van der Waals surface area contributed by atoms with Crippen LogP contribution in [0.3, 0.4) is 0 Å². The summed E-state index contributed by atoms with van der Waals surface area (Å²) < 4.78 is 17.5. The Morgan fingerprint density at radius 1 is 1.00 bits per heavy atom. The van der Waals surface area contributed by atoms with Gasteiger partial charge in [0.2, 0.25) is 5.75 Å². The van der Waals surface area contributed by atoms with Crippen molar-refractivity contribution in [3.63, 3.8) is 0 Å². The summed E-state index contributed by atoms with van der Waals surface area (Å²) in [5.41, 5.74) is 4.18. The Bertz CT molecular complexity index is 1450. The van der Waals surface area contributed by atoms with Crippen LogP contribution in [0.5, 0.6) is 17.2 Å². The average Bonchev–Trinajstić information content (AvgIpc) is 2.91. The number of thioether (sulfide) groups is 1. The van der Waals surface area contributed by atoms with Crippen molar-refractivity contribution in [3.8, 4) is 22.9 Å². The first-order valence-electron chi connectivity index (χ1n) is 10.9. The molecule has 0 aliphatic carbocycles. The molecule has 9 nitrogen and oxygen atoms in total. The number of amides is 1. The molecular formula is C26H24N4O5S. The monoisotopic (exact) mass is 504 g/mol. The first-order valence-corrected chi connectivity index (χ1v) is 11.9. The van der Waals surface area contributed by atoms with Crippen molar-refractivity contribution in [2.75, 3.05) is 27.1 Å². The summed E-state index contributed by atoms with van der Waals surface area (Å²) in [7, 11) is 4.56. The van der Waals surface area contributed by atoms with Crippen LogP contribution in [0.15, 0.2) is 81.8 Å². The molecule has 0 radical (unpaired) electrons. The molecule has 4 rings (SSSR count). The fraction of sp³-hybridized carbons (Fsp3) is 0.154. The molecule has 0 unspecified atom stereocenters. The zero-order valence-corrected chi connectivity index (χ0v) is 20.7. The highest BCUT2D eigenvalue weighted by atomic mass is 32.2. The lowest BCUT2D eigenvalue weighted by molar-refractivity contribution is -0.118. The summed E-state index contributed by atoms with van der Waals surface area (Å²) in [6.07, 6.45) is 1.47. The van der Waals surface area contributed by atoms with Gasteiger partial charge in [-0.15, -0.1) is 0 Å². The number of para-hydroxylation sites is 2. The molecule has 1 N–H and O–H groups in total. The molecule has 0 fully saturated rings. The number of hydrogen-bond acceptors (Lipinski definition) is 8. The largest absolute Gasteiger partial charge is 0.493 e. The van der Waals surface area contributed by atoms with Crippen LogP contribution in [-0.2, 0) is 4.79 Å².